The lowest BCUT2D eigenvalue weighted by molar-refractivity contribution is 0.0955. The van der Waals surface area contributed by atoms with Gasteiger partial charge in [0.15, 0.2) is 0 Å². The Balaban J connectivity index is 2.00. The molecule has 0 atom stereocenters. The van der Waals surface area contributed by atoms with Crippen LogP contribution in [-0.2, 0) is 6.54 Å². The van der Waals surface area contributed by atoms with Crippen molar-refractivity contribution >= 4 is 17.2 Å². The smallest absolute Gasteiger partial charge is 0.261 e. The zero-order chi connectivity index (χ0) is 14.4. The normalized spacial score (nSPS) is 9.90. The number of aliphatic hydroxyl groups excluding tert-OH is 1. The summed E-state index contributed by atoms with van der Waals surface area (Å²) in [5.41, 5.74) is 1.91. The van der Waals surface area contributed by atoms with Gasteiger partial charge in [-0.1, -0.05) is 11.8 Å². The molecule has 6 heteroatoms. The minimum Gasteiger partial charge on any atom is -0.395 e. The van der Waals surface area contributed by atoms with Gasteiger partial charge in [-0.2, -0.15) is 5.10 Å². The Labute approximate surface area is 121 Å². The van der Waals surface area contributed by atoms with Crippen LogP contribution in [0.4, 0.5) is 0 Å². The summed E-state index contributed by atoms with van der Waals surface area (Å²) in [7, 11) is 0. The molecule has 0 aromatic carbocycles. The number of aliphatic hydroxyl groups is 1. The lowest BCUT2D eigenvalue weighted by atomic mass is 10.2. The van der Waals surface area contributed by atoms with Gasteiger partial charge < -0.3 is 10.4 Å². The van der Waals surface area contributed by atoms with Crippen molar-refractivity contribution in [3.8, 4) is 11.8 Å². The number of aromatic amines is 1. The third kappa shape index (κ3) is 3.70. The molecule has 2 aromatic rings. The van der Waals surface area contributed by atoms with Gasteiger partial charge in [-0.3, -0.25) is 9.89 Å². The summed E-state index contributed by atoms with van der Waals surface area (Å²) in [4.78, 5) is 13.5. The highest BCUT2D eigenvalue weighted by Gasteiger charge is 2.11. The minimum atomic E-state index is -0.116. The Morgan fingerprint density at radius 1 is 1.60 bits per heavy atom. The highest BCUT2D eigenvalue weighted by Crippen LogP contribution is 2.21. The third-order valence-electron chi connectivity index (χ3n) is 2.59. The van der Waals surface area contributed by atoms with Crippen molar-refractivity contribution < 1.29 is 9.90 Å². The predicted octanol–water partition coefficient (Wildman–Crippen LogP) is 1.44. The molecule has 0 aliphatic carbocycles. The number of hydrogen-bond acceptors (Lipinski definition) is 4. The van der Waals surface area contributed by atoms with Crippen LogP contribution >= 0.6 is 11.3 Å². The van der Waals surface area contributed by atoms with E-state index in [1.165, 1.54) is 11.3 Å². The molecule has 0 aliphatic rings. The Bertz CT molecular complexity index is 635. The van der Waals surface area contributed by atoms with Gasteiger partial charge in [0.1, 0.15) is 0 Å². The monoisotopic (exact) mass is 289 g/mol. The standard InChI is InChI=1S/C14H15N3O2S/c1-10-6-13(20-12(10)4-2-3-5-18)14(19)15-7-11-8-16-17-9-11/h6,8-9,18H,3,5,7H2,1H3,(H,15,19)(H,16,17). The van der Waals surface area contributed by atoms with Gasteiger partial charge in [0.05, 0.1) is 22.6 Å². The number of rotatable bonds is 4. The van der Waals surface area contributed by atoms with Crippen LogP contribution in [0.5, 0.6) is 0 Å². The summed E-state index contributed by atoms with van der Waals surface area (Å²) in [5, 5.41) is 18.0. The van der Waals surface area contributed by atoms with E-state index in [-0.39, 0.29) is 12.5 Å². The fraction of sp³-hybridized carbons (Fsp3) is 0.286. The van der Waals surface area contributed by atoms with Gasteiger partial charge in [0, 0.05) is 24.7 Å². The molecular formula is C14H15N3O2S. The number of nitrogens with one attached hydrogen (secondary N) is 2. The number of thiophene rings is 1. The summed E-state index contributed by atoms with van der Waals surface area (Å²) in [6.07, 6.45) is 3.86. The van der Waals surface area contributed by atoms with Crippen LogP contribution in [0.25, 0.3) is 0 Å². The fourth-order valence-electron chi connectivity index (χ4n) is 1.56. The topological polar surface area (TPSA) is 78.0 Å². The van der Waals surface area contributed by atoms with Crippen molar-refractivity contribution in [2.24, 2.45) is 0 Å². The molecular weight excluding hydrogens is 274 g/mol. The minimum absolute atomic E-state index is 0.0511. The van der Waals surface area contributed by atoms with E-state index in [9.17, 15) is 4.79 Å². The molecule has 104 valence electrons. The number of carbonyl (C=O) groups is 1. The fourth-order valence-corrected chi connectivity index (χ4v) is 2.52. The van der Waals surface area contributed by atoms with Gasteiger partial charge in [-0.05, 0) is 18.6 Å². The lowest BCUT2D eigenvalue weighted by Crippen LogP contribution is -2.21. The number of hydrogen-bond donors (Lipinski definition) is 3. The maximum Gasteiger partial charge on any atom is 0.261 e. The third-order valence-corrected chi connectivity index (χ3v) is 3.74. The van der Waals surface area contributed by atoms with Crippen molar-refractivity contribution in [3.05, 3.63) is 39.3 Å². The van der Waals surface area contributed by atoms with Gasteiger partial charge in [0.25, 0.3) is 5.91 Å². The first-order valence-electron chi connectivity index (χ1n) is 6.16. The molecule has 1 amide bonds. The van der Waals surface area contributed by atoms with Crippen molar-refractivity contribution in [2.45, 2.75) is 19.9 Å². The molecule has 0 fully saturated rings. The summed E-state index contributed by atoms with van der Waals surface area (Å²) in [6.45, 7) is 2.42. The quantitative estimate of drug-likeness (QED) is 0.745. The number of nitrogens with zero attached hydrogens (tertiary/aromatic N) is 1. The second kappa shape index (κ2) is 6.89. The van der Waals surface area contributed by atoms with Crippen molar-refractivity contribution in [2.75, 3.05) is 6.61 Å². The van der Waals surface area contributed by atoms with Crippen LogP contribution in [0.2, 0.25) is 0 Å². The van der Waals surface area contributed by atoms with E-state index in [2.05, 4.69) is 27.4 Å². The molecule has 2 aromatic heterocycles. The van der Waals surface area contributed by atoms with Crippen LogP contribution in [0.1, 0.15) is 32.1 Å². The van der Waals surface area contributed by atoms with E-state index >= 15 is 0 Å². The molecule has 2 rings (SSSR count). The zero-order valence-corrected chi connectivity index (χ0v) is 11.9. The summed E-state index contributed by atoms with van der Waals surface area (Å²) in [5.74, 6) is 5.72. The van der Waals surface area contributed by atoms with E-state index in [4.69, 9.17) is 5.11 Å². The van der Waals surface area contributed by atoms with Crippen molar-refractivity contribution in [1.29, 1.82) is 0 Å². The van der Waals surface area contributed by atoms with Gasteiger partial charge >= 0.3 is 0 Å². The summed E-state index contributed by atoms with van der Waals surface area (Å²) >= 11 is 1.36. The van der Waals surface area contributed by atoms with E-state index in [0.29, 0.717) is 17.8 Å². The van der Waals surface area contributed by atoms with Crippen molar-refractivity contribution in [3.63, 3.8) is 0 Å². The first-order chi connectivity index (χ1) is 9.70. The molecule has 0 unspecified atom stereocenters. The second-order valence-electron chi connectivity index (χ2n) is 4.19. The van der Waals surface area contributed by atoms with E-state index in [0.717, 1.165) is 16.0 Å². The molecule has 0 aliphatic heterocycles. The van der Waals surface area contributed by atoms with Crippen LogP contribution in [0.3, 0.4) is 0 Å². The number of H-pyrrole nitrogens is 1. The number of aromatic nitrogens is 2. The highest BCUT2D eigenvalue weighted by atomic mass is 32.1. The molecule has 0 saturated carbocycles. The molecule has 2 heterocycles. The molecule has 0 radical (unpaired) electrons. The Hall–Kier alpha value is -2.10. The molecule has 3 N–H and O–H groups in total. The SMILES string of the molecule is Cc1cc(C(=O)NCc2cn[nH]c2)sc1C#CCCO. The maximum atomic E-state index is 12.0. The van der Waals surface area contributed by atoms with E-state index in [1.54, 1.807) is 12.4 Å². The predicted molar refractivity (Wildman–Crippen MR) is 77.4 cm³/mol. The summed E-state index contributed by atoms with van der Waals surface area (Å²) < 4.78 is 0. The maximum absolute atomic E-state index is 12.0. The van der Waals surface area contributed by atoms with Crippen LogP contribution < -0.4 is 5.32 Å². The molecule has 5 nitrogen and oxygen atoms in total. The van der Waals surface area contributed by atoms with E-state index < -0.39 is 0 Å². The zero-order valence-electron chi connectivity index (χ0n) is 11.1. The number of carbonyl (C=O) groups excluding carboxylic acids is 1. The van der Waals surface area contributed by atoms with Gasteiger partial charge in [0.2, 0.25) is 0 Å². The Morgan fingerprint density at radius 3 is 3.15 bits per heavy atom. The second-order valence-corrected chi connectivity index (χ2v) is 5.24. The van der Waals surface area contributed by atoms with Crippen molar-refractivity contribution in [1.82, 2.24) is 15.5 Å². The van der Waals surface area contributed by atoms with E-state index in [1.807, 2.05) is 13.0 Å². The number of amides is 1. The van der Waals surface area contributed by atoms with Crippen LogP contribution in [0.15, 0.2) is 18.5 Å². The van der Waals surface area contributed by atoms with Crippen LogP contribution in [-0.4, -0.2) is 27.8 Å². The largest absolute Gasteiger partial charge is 0.395 e. The Kier molecular flexibility index (Phi) is 4.93. The van der Waals surface area contributed by atoms with Gasteiger partial charge in [-0.25, -0.2) is 0 Å². The first kappa shape index (κ1) is 14.3. The average Bonchev–Trinajstić information content (AvgIpc) is 3.07. The summed E-state index contributed by atoms with van der Waals surface area (Å²) in [6, 6.07) is 1.83. The molecule has 20 heavy (non-hydrogen) atoms. The number of aryl methyl sites for hydroxylation is 1. The van der Waals surface area contributed by atoms with Gasteiger partial charge in [-0.15, -0.1) is 11.3 Å². The molecule has 0 saturated heterocycles. The highest BCUT2D eigenvalue weighted by molar-refractivity contribution is 7.14. The Morgan fingerprint density at radius 2 is 2.45 bits per heavy atom. The first-order valence-corrected chi connectivity index (χ1v) is 6.98. The lowest BCUT2D eigenvalue weighted by Gasteiger charge is -2.00. The molecule has 0 bridgehead atoms. The van der Waals surface area contributed by atoms with Crippen LogP contribution in [0, 0.1) is 18.8 Å². The average molecular weight is 289 g/mol. The molecule has 0 spiro atoms.